The number of hydrogen-bond acceptors (Lipinski definition) is 2. The SMILES string of the molecule is CCS(=O)(=O)Nc1cc(C)cc(F)c1. The molecule has 1 N–H and O–H groups in total. The van der Waals surface area contributed by atoms with E-state index in [9.17, 15) is 12.8 Å². The number of sulfonamides is 1. The first kappa shape index (κ1) is 11.0. The Kier molecular flexibility index (Phi) is 3.10. The third-order valence-corrected chi connectivity index (χ3v) is 3.00. The van der Waals surface area contributed by atoms with Crippen molar-refractivity contribution in [2.24, 2.45) is 0 Å². The maximum atomic E-state index is 12.9. The van der Waals surface area contributed by atoms with Crippen molar-refractivity contribution >= 4 is 15.7 Å². The first-order valence-corrected chi connectivity index (χ1v) is 5.86. The molecule has 0 fully saturated rings. The number of hydrogen-bond donors (Lipinski definition) is 1. The molecule has 1 rings (SSSR count). The Balaban J connectivity index is 2.98. The predicted octanol–water partition coefficient (Wildman–Crippen LogP) is 1.90. The second-order valence-electron chi connectivity index (χ2n) is 3.02. The van der Waals surface area contributed by atoms with Crippen molar-refractivity contribution in [3.63, 3.8) is 0 Å². The highest BCUT2D eigenvalue weighted by Crippen LogP contribution is 2.14. The normalized spacial score (nSPS) is 11.4. The van der Waals surface area contributed by atoms with Crippen LogP contribution in [0.4, 0.5) is 10.1 Å². The summed E-state index contributed by atoms with van der Waals surface area (Å²) in [7, 11) is -3.32. The van der Waals surface area contributed by atoms with Crippen LogP contribution < -0.4 is 4.72 Å². The third kappa shape index (κ3) is 2.99. The van der Waals surface area contributed by atoms with Gasteiger partial charge in [-0.15, -0.1) is 0 Å². The monoisotopic (exact) mass is 217 g/mol. The number of rotatable bonds is 3. The minimum absolute atomic E-state index is 0.0252. The Bertz CT molecular complexity index is 408. The van der Waals surface area contributed by atoms with Crippen LogP contribution in [0.1, 0.15) is 12.5 Å². The third-order valence-electron chi connectivity index (χ3n) is 1.70. The van der Waals surface area contributed by atoms with Crippen LogP contribution >= 0.6 is 0 Å². The van der Waals surface area contributed by atoms with Gasteiger partial charge in [0.2, 0.25) is 10.0 Å². The Morgan fingerprint density at radius 1 is 1.36 bits per heavy atom. The standard InChI is InChI=1S/C9H12FNO2S/c1-3-14(12,13)11-9-5-7(2)4-8(10)6-9/h4-6,11H,3H2,1-2H3. The highest BCUT2D eigenvalue weighted by molar-refractivity contribution is 7.92. The first-order chi connectivity index (χ1) is 6.43. The van der Waals surface area contributed by atoms with Crippen LogP contribution in [0.2, 0.25) is 0 Å². The number of nitrogens with one attached hydrogen (secondary N) is 1. The summed E-state index contributed by atoms with van der Waals surface area (Å²) in [5, 5.41) is 0. The van der Waals surface area contributed by atoms with E-state index in [-0.39, 0.29) is 11.4 Å². The Morgan fingerprint density at radius 3 is 2.50 bits per heavy atom. The molecule has 0 atom stereocenters. The molecular formula is C9H12FNO2S. The quantitative estimate of drug-likeness (QED) is 0.840. The Labute approximate surface area is 83.0 Å². The average Bonchev–Trinajstić information content (AvgIpc) is 2.01. The van der Waals surface area contributed by atoms with Crippen LogP contribution in [0.5, 0.6) is 0 Å². The molecule has 78 valence electrons. The molecular weight excluding hydrogens is 205 g/mol. The van der Waals surface area contributed by atoms with Crippen molar-refractivity contribution in [3.8, 4) is 0 Å². The molecule has 14 heavy (non-hydrogen) atoms. The van der Waals surface area contributed by atoms with Crippen molar-refractivity contribution in [3.05, 3.63) is 29.6 Å². The summed E-state index contributed by atoms with van der Waals surface area (Å²) in [4.78, 5) is 0. The molecule has 0 unspecified atom stereocenters. The van der Waals surface area contributed by atoms with Crippen LogP contribution in [-0.2, 0) is 10.0 Å². The maximum Gasteiger partial charge on any atom is 0.232 e. The number of halogens is 1. The van der Waals surface area contributed by atoms with Gasteiger partial charge in [-0.3, -0.25) is 4.72 Å². The van der Waals surface area contributed by atoms with E-state index in [1.807, 2.05) is 0 Å². The van der Waals surface area contributed by atoms with E-state index >= 15 is 0 Å². The fraction of sp³-hybridized carbons (Fsp3) is 0.333. The number of anilines is 1. The second kappa shape index (κ2) is 3.96. The molecule has 0 aliphatic rings. The zero-order valence-electron chi connectivity index (χ0n) is 8.04. The van der Waals surface area contributed by atoms with Gasteiger partial charge in [-0.2, -0.15) is 0 Å². The van der Waals surface area contributed by atoms with E-state index in [2.05, 4.69) is 4.72 Å². The lowest BCUT2D eigenvalue weighted by atomic mass is 10.2. The molecule has 0 aromatic heterocycles. The zero-order valence-corrected chi connectivity index (χ0v) is 8.86. The number of benzene rings is 1. The van der Waals surface area contributed by atoms with Gasteiger partial charge in [-0.05, 0) is 37.6 Å². The molecule has 0 radical (unpaired) electrons. The van der Waals surface area contributed by atoms with E-state index in [4.69, 9.17) is 0 Å². The lowest BCUT2D eigenvalue weighted by Crippen LogP contribution is -2.14. The van der Waals surface area contributed by atoms with Gasteiger partial charge in [0.1, 0.15) is 5.82 Å². The van der Waals surface area contributed by atoms with E-state index in [0.717, 1.165) is 6.07 Å². The molecule has 0 bridgehead atoms. The molecule has 0 saturated carbocycles. The van der Waals surface area contributed by atoms with Crippen LogP contribution in [0.15, 0.2) is 18.2 Å². The summed E-state index contributed by atoms with van der Waals surface area (Å²) in [6.45, 7) is 3.22. The van der Waals surface area contributed by atoms with Gasteiger partial charge in [-0.25, -0.2) is 12.8 Å². The van der Waals surface area contributed by atoms with E-state index < -0.39 is 15.8 Å². The van der Waals surface area contributed by atoms with Crippen LogP contribution in [0.25, 0.3) is 0 Å². The van der Waals surface area contributed by atoms with Crippen molar-refractivity contribution in [2.75, 3.05) is 10.5 Å². The predicted molar refractivity (Wildman–Crippen MR) is 54.2 cm³/mol. The average molecular weight is 217 g/mol. The summed E-state index contributed by atoms with van der Waals surface area (Å²) < 4.78 is 37.5. The van der Waals surface area contributed by atoms with Gasteiger partial charge in [-0.1, -0.05) is 0 Å². The fourth-order valence-electron chi connectivity index (χ4n) is 1.05. The molecule has 1 aromatic carbocycles. The summed E-state index contributed by atoms with van der Waals surface area (Å²) in [6.07, 6.45) is 0. The minimum Gasteiger partial charge on any atom is -0.283 e. The summed E-state index contributed by atoms with van der Waals surface area (Å²) in [6, 6.07) is 4.07. The molecule has 1 aromatic rings. The van der Waals surface area contributed by atoms with Crippen LogP contribution in [0, 0.1) is 12.7 Å². The van der Waals surface area contributed by atoms with E-state index in [1.165, 1.54) is 13.0 Å². The first-order valence-electron chi connectivity index (χ1n) is 4.20. The van der Waals surface area contributed by atoms with Gasteiger partial charge in [0, 0.05) is 0 Å². The topological polar surface area (TPSA) is 46.2 Å². The summed E-state index contributed by atoms with van der Waals surface area (Å²) in [5.74, 6) is -0.471. The van der Waals surface area contributed by atoms with Crippen LogP contribution in [0.3, 0.4) is 0 Å². The van der Waals surface area contributed by atoms with Gasteiger partial charge in [0.05, 0.1) is 11.4 Å². The van der Waals surface area contributed by atoms with Gasteiger partial charge in [0.25, 0.3) is 0 Å². The largest absolute Gasteiger partial charge is 0.283 e. The van der Waals surface area contributed by atoms with Crippen LogP contribution in [-0.4, -0.2) is 14.2 Å². The minimum atomic E-state index is -3.32. The highest BCUT2D eigenvalue weighted by atomic mass is 32.2. The van der Waals surface area contributed by atoms with Gasteiger partial charge in [0.15, 0.2) is 0 Å². The molecule has 0 heterocycles. The molecule has 3 nitrogen and oxygen atoms in total. The van der Waals surface area contributed by atoms with Gasteiger partial charge < -0.3 is 0 Å². The van der Waals surface area contributed by atoms with E-state index in [1.54, 1.807) is 13.0 Å². The zero-order chi connectivity index (χ0) is 10.8. The summed E-state index contributed by atoms with van der Waals surface area (Å²) >= 11 is 0. The van der Waals surface area contributed by atoms with Crippen molar-refractivity contribution in [1.82, 2.24) is 0 Å². The summed E-state index contributed by atoms with van der Waals surface area (Å²) in [5.41, 5.74) is 0.947. The molecule has 0 saturated heterocycles. The maximum absolute atomic E-state index is 12.9. The highest BCUT2D eigenvalue weighted by Gasteiger charge is 2.07. The lowest BCUT2D eigenvalue weighted by Gasteiger charge is -2.06. The second-order valence-corrected chi connectivity index (χ2v) is 5.03. The fourth-order valence-corrected chi connectivity index (χ4v) is 1.67. The van der Waals surface area contributed by atoms with Gasteiger partial charge >= 0.3 is 0 Å². The Morgan fingerprint density at radius 2 is 2.00 bits per heavy atom. The molecule has 0 spiro atoms. The molecule has 0 amide bonds. The smallest absolute Gasteiger partial charge is 0.232 e. The number of aryl methyl sites for hydroxylation is 1. The molecule has 5 heteroatoms. The molecule has 0 aliphatic carbocycles. The molecule has 0 aliphatic heterocycles. The van der Waals surface area contributed by atoms with Crippen molar-refractivity contribution < 1.29 is 12.8 Å². The Hall–Kier alpha value is -1.10. The van der Waals surface area contributed by atoms with Crippen molar-refractivity contribution in [2.45, 2.75) is 13.8 Å². The lowest BCUT2D eigenvalue weighted by molar-refractivity contribution is 0.602. The van der Waals surface area contributed by atoms with Crippen molar-refractivity contribution in [1.29, 1.82) is 0 Å². The van der Waals surface area contributed by atoms with E-state index in [0.29, 0.717) is 5.56 Å².